The molecule has 2 heterocycles. The lowest BCUT2D eigenvalue weighted by Gasteiger charge is -2.29. The van der Waals surface area contributed by atoms with E-state index in [1.165, 1.54) is 18.4 Å². The molecular weight excluding hydrogens is 362 g/mol. The predicted molar refractivity (Wildman–Crippen MR) is 108 cm³/mol. The van der Waals surface area contributed by atoms with Gasteiger partial charge in [-0.05, 0) is 57.6 Å². The third-order valence-corrected chi connectivity index (χ3v) is 7.16. The predicted octanol–water partition coefficient (Wildman–Crippen LogP) is 2.72. The Labute approximate surface area is 162 Å². The third-order valence-electron chi connectivity index (χ3n) is 5.41. The van der Waals surface area contributed by atoms with Crippen LogP contribution in [0.5, 0.6) is 0 Å². The Balaban J connectivity index is 1.61. The maximum atomic E-state index is 12.5. The number of carbonyl (C=O) groups excluding carboxylic acids is 1. The standard InChI is InChI=1S/C20H29N3O3S/c1-2-23(18-10-13-27(25,26)15-18)17-9-12-21-19(14-17)20(24)22-11-8-16-6-4-3-5-7-16/h6,9,12,14,18H,2-5,7-8,10-11,13,15H2,1H3,(H,22,24). The van der Waals surface area contributed by atoms with Gasteiger partial charge >= 0.3 is 0 Å². The molecule has 1 aliphatic carbocycles. The molecule has 1 fully saturated rings. The fourth-order valence-electron chi connectivity index (χ4n) is 3.95. The number of hydrogen-bond acceptors (Lipinski definition) is 5. The molecule has 6 nitrogen and oxygen atoms in total. The van der Waals surface area contributed by atoms with E-state index < -0.39 is 9.84 Å². The van der Waals surface area contributed by atoms with Gasteiger partial charge in [-0.3, -0.25) is 9.78 Å². The summed E-state index contributed by atoms with van der Waals surface area (Å²) in [5.74, 6) is 0.241. The zero-order valence-electron chi connectivity index (χ0n) is 16.0. The lowest BCUT2D eigenvalue weighted by atomic mass is 9.97. The minimum absolute atomic E-state index is 0.0310. The van der Waals surface area contributed by atoms with E-state index in [0.29, 0.717) is 25.2 Å². The van der Waals surface area contributed by atoms with Crippen molar-refractivity contribution in [1.82, 2.24) is 10.3 Å². The number of sulfone groups is 1. The molecule has 1 aromatic heterocycles. The Hall–Kier alpha value is -1.89. The molecule has 1 aromatic rings. The summed E-state index contributed by atoms with van der Waals surface area (Å²) < 4.78 is 23.6. The summed E-state index contributed by atoms with van der Waals surface area (Å²) >= 11 is 0. The minimum atomic E-state index is -2.95. The van der Waals surface area contributed by atoms with Crippen LogP contribution in [-0.4, -0.2) is 49.9 Å². The topological polar surface area (TPSA) is 79.4 Å². The van der Waals surface area contributed by atoms with E-state index in [9.17, 15) is 13.2 Å². The summed E-state index contributed by atoms with van der Waals surface area (Å²) in [5.41, 5.74) is 2.67. The molecule has 1 aliphatic heterocycles. The second-order valence-corrected chi connectivity index (χ2v) is 9.58. The van der Waals surface area contributed by atoms with E-state index in [4.69, 9.17) is 0 Å². The average Bonchev–Trinajstić information content (AvgIpc) is 3.03. The number of amides is 1. The fourth-order valence-corrected chi connectivity index (χ4v) is 5.68. The molecule has 0 spiro atoms. The van der Waals surface area contributed by atoms with E-state index in [2.05, 4.69) is 21.3 Å². The summed E-state index contributed by atoms with van der Waals surface area (Å²) in [4.78, 5) is 18.7. The smallest absolute Gasteiger partial charge is 0.269 e. The Kier molecular flexibility index (Phi) is 6.52. The number of carbonyl (C=O) groups is 1. The van der Waals surface area contributed by atoms with Crippen LogP contribution in [0.25, 0.3) is 0 Å². The van der Waals surface area contributed by atoms with Crippen LogP contribution in [-0.2, 0) is 9.84 Å². The van der Waals surface area contributed by atoms with Gasteiger partial charge in [0.2, 0.25) is 0 Å². The minimum Gasteiger partial charge on any atom is -0.368 e. The van der Waals surface area contributed by atoms with Crippen molar-refractivity contribution in [2.75, 3.05) is 29.5 Å². The maximum absolute atomic E-state index is 12.5. The number of nitrogens with one attached hydrogen (secondary N) is 1. The fraction of sp³-hybridized carbons (Fsp3) is 0.600. The molecule has 1 amide bonds. The van der Waals surface area contributed by atoms with Crippen molar-refractivity contribution >= 4 is 21.4 Å². The van der Waals surface area contributed by atoms with Crippen LogP contribution in [0.1, 0.15) is 55.9 Å². The highest BCUT2D eigenvalue weighted by Gasteiger charge is 2.32. The Morgan fingerprint density at radius 3 is 2.89 bits per heavy atom. The molecule has 0 radical (unpaired) electrons. The first-order valence-electron chi connectivity index (χ1n) is 9.88. The maximum Gasteiger partial charge on any atom is 0.269 e. The van der Waals surface area contributed by atoms with Crippen molar-refractivity contribution < 1.29 is 13.2 Å². The Morgan fingerprint density at radius 1 is 1.37 bits per heavy atom. The van der Waals surface area contributed by atoms with Crippen LogP contribution < -0.4 is 10.2 Å². The highest BCUT2D eigenvalue weighted by Crippen LogP contribution is 2.24. The first-order chi connectivity index (χ1) is 13.0. The van der Waals surface area contributed by atoms with Gasteiger partial charge in [-0.2, -0.15) is 0 Å². The summed E-state index contributed by atoms with van der Waals surface area (Å²) in [6.07, 6.45) is 10.2. The normalized spacial score (nSPS) is 21.5. The zero-order chi connectivity index (χ0) is 19.3. The summed E-state index contributed by atoms with van der Waals surface area (Å²) in [7, 11) is -2.95. The second-order valence-electron chi connectivity index (χ2n) is 7.36. The molecule has 3 rings (SSSR count). The Morgan fingerprint density at radius 2 is 2.22 bits per heavy atom. The summed E-state index contributed by atoms with van der Waals surface area (Å²) in [6, 6.07) is 3.58. The molecule has 27 heavy (non-hydrogen) atoms. The molecule has 2 aliphatic rings. The van der Waals surface area contributed by atoms with Crippen LogP contribution in [0.2, 0.25) is 0 Å². The summed E-state index contributed by atoms with van der Waals surface area (Å²) in [6.45, 7) is 3.32. The van der Waals surface area contributed by atoms with E-state index in [0.717, 1.165) is 24.9 Å². The number of pyridine rings is 1. The van der Waals surface area contributed by atoms with Gasteiger partial charge in [-0.1, -0.05) is 11.6 Å². The van der Waals surface area contributed by atoms with Crippen molar-refractivity contribution in [1.29, 1.82) is 0 Å². The number of rotatable bonds is 7. The second kappa shape index (κ2) is 8.87. The largest absolute Gasteiger partial charge is 0.368 e. The number of nitrogens with zero attached hydrogens (tertiary/aromatic N) is 2. The van der Waals surface area contributed by atoms with Gasteiger partial charge < -0.3 is 10.2 Å². The lowest BCUT2D eigenvalue weighted by molar-refractivity contribution is 0.0949. The van der Waals surface area contributed by atoms with Crippen LogP contribution in [0.15, 0.2) is 30.0 Å². The van der Waals surface area contributed by atoms with Crippen molar-refractivity contribution in [3.63, 3.8) is 0 Å². The number of allylic oxidation sites excluding steroid dienone is 1. The third kappa shape index (κ3) is 5.31. The van der Waals surface area contributed by atoms with Crippen molar-refractivity contribution in [3.05, 3.63) is 35.7 Å². The quantitative estimate of drug-likeness (QED) is 0.723. The molecule has 1 N–H and O–H groups in total. The molecule has 1 unspecified atom stereocenters. The first-order valence-corrected chi connectivity index (χ1v) is 11.7. The monoisotopic (exact) mass is 391 g/mol. The summed E-state index contributed by atoms with van der Waals surface area (Å²) in [5, 5.41) is 2.96. The molecule has 148 valence electrons. The zero-order valence-corrected chi connectivity index (χ0v) is 16.8. The molecule has 7 heteroatoms. The van der Waals surface area contributed by atoms with Crippen molar-refractivity contribution in [2.24, 2.45) is 0 Å². The molecular formula is C20H29N3O3S. The van der Waals surface area contributed by atoms with Gasteiger partial charge in [0.25, 0.3) is 5.91 Å². The van der Waals surface area contributed by atoms with Gasteiger partial charge in [-0.25, -0.2) is 8.42 Å². The molecule has 0 saturated carbocycles. The lowest BCUT2D eigenvalue weighted by Crippen LogP contribution is -2.36. The van der Waals surface area contributed by atoms with E-state index in [1.807, 2.05) is 13.0 Å². The number of hydrogen-bond donors (Lipinski definition) is 1. The van der Waals surface area contributed by atoms with Crippen LogP contribution in [0.3, 0.4) is 0 Å². The van der Waals surface area contributed by atoms with Gasteiger partial charge in [0.05, 0.1) is 11.5 Å². The van der Waals surface area contributed by atoms with Gasteiger partial charge in [-0.15, -0.1) is 0 Å². The molecule has 0 aromatic carbocycles. The van der Waals surface area contributed by atoms with Crippen LogP contribution >= 0.6 is 0 Å². The number of anilines is 1. The van der Waals surface area contributed by atoms with Gasteiger partial charge in [0.1, 0.15) is 5.69 Å². The van der Waals surface area contributed by atoms with Crippen LogP contribution in [0.4, 0.5) is 5.69 Å². The van der Waals surface area contributed by atoms with E-state index in [1.54, 1.807) is 12.3 Å². The average molecular weight is 392 g/mol. The van der Waals surface area contributed by atoms with E-state index in [-0.39, 0.29) is 23.5 Å². The number of aromatic nitrogens is 1. The highest BCUT2D eigenvalue weighted by atomic mass is 32.2. The van der Waals surface area contributed by atoms with Crippen LogP contribution in [0, 0.1) is 0 Å². The van der Waals surface area contributed by atoms with E-state index >= 15 is 0 Å². The highest BCUT2D eigenvalue weighted by molar-refractivity contribution is 7.91. The molecule has 1 saturated heterocycles. The first kappa shape index (κ1) is 19.9. The molecule has 0 bridgehead atoms. The SMILES string of the molecule is CCN(c1ccnc(C(=O)NCCC2=CCCCC2)c1)C1CCS(=O)(=O)C1. The van der Waals surface area contributed by atoms with Crippen molar-refractivity contribution in [3.8, 4) is 0 Å². The molecule has 1 atom stereocenters. The van der Waals surface area contributed by atoms with Gasteiger partial charge in [0, 0.05) is 31.0 Å². The Bertz CT molecular complexity index is 804. The van der Waals surface area contributed by atoms with Crippen molar-refractivity contribution in [2.45, 2.75) is 51.5 Å². The van der Waals surface area contributed by atoms with Gasteiger partial charge in [0.15, 0.2) is 9.84 Å².